The zero-order valence-electron chi connectivity index (χ0n) is 21.6. The Balaban J connectivity index is 1.63. The molecule has 0 aromatic heterocycles. The van der Waals surface area contributed by atoms with Crippen LogP contribution in [0.25, 0.3) is 0 Å². The van der Waals surface area contributed by atoms with Crippen LogP contribution in [0.1, 0.15) is 55.6 Å². The predicted molar refractivity (Wildman–Crippen MR) is 138 cm³/mol. The van der Waals surface area contributed by atoms with Crippen molar-refractivity contribution in [2.75, 3.05) is 14.2 Å². The Hall–Kier alpha value is -3.86. The fourth-order valence-corrected chi connectivity index (χ4v) is 5.98. The minimum atomic E-state index is -4.79. The molecule has 0 amide bonds. The van der Waals surface area contributed by atoms with E-state index in [9.17, 15) is 32.9 Å². The molecule has 1 aliphatic heterocycles. The van der Waals surface area contributed by atoms with Gasteiger partial charge >= 0.3 is 11.9 Å². The first-order valence-corrected chi connectivity index (χ1v) is 13.0. The van der Waals surface area contributed by atoms with Crippen molar-refractivity contribution in [2.24, 2.45) is 0 Å². The number of ether oxygens (including phenoxy) is 2. The number of alkyl halides is 3. The summed E-state index contributed by atoms with van der Waals surface area (Å²) in [5.41, 5.74) is 1.20. The van der Waals surface area contributed by atoms with E-state index in [1.165, 1.54) is 13.2 Å². The molecule has 1 heterocycles. The number of allylic oxidation sites excluding steroid dienone is 4. The molecule has 0 fully saturated rings. The normalized spacial score (nSPS) is 18.1. The van der Waals surface area contributed by atoms with Crippen molar-refractivity contribution in [1.82, 2.24) is 4.90 Å². The van der Waals surface area contributed by atoms with Crippen LogP contribution in [0.2, 0.25) is 5.02 Å². The van der Waals surface area contributed by atoms with Crippen molar-refractivity contribution in [3.8, 4) is 17.2 Å². The number of hydrogen-bond acceptors (Lipinski definition) is 7. The minimum absolute atomic E-state index is 0.0337. The molecule has 2 aliphatic carbocycles. The maximum absolute atomic E-state index is 13.2. The maximum Gasteiger partial charge on any atom is 0.416 e. The Bertz CT molecular complexity index is 1470. The van der Waals surface area contributed by atoms with Crippen LogP contribution < -0.4 is 9.47 Å². The van der Waals surface area contributed by atoms with Gasteiger partial charge in [-0.3, -0.25) is 19.7 Å². The Morgan fingerprint density at radius 1 is 0.975 bits per heavy atom. The van der Waals surface area contributed by atoms with E-state index < -0.39 is 34.0 Å². The predicted octanol–water partition coefficient (Wildman–Crippen LogP) is 7.11. The number of halogens is 4. The summed E-state index contributed by atoms with van der Waals surface area (Å²) in [7, 11) is 3.19. The highest BCUT2D eigenvalue weighted by Crippen LogP contribution is 2.51. The number of carbonyl (C=O) groups is 2. The Morgan fingerprint density at radius 2 is 1.57 bits per heavy atom. The third kappa shape index (κ3) is 4.72. The van der Waals surface area contributed by atoms with Crippen molar-refractivity contribution >= 4 is 28.9 Å². The lowest BCUT2D eigenvalue weighted by molar-refractivity contribution is -0.385. The first-order valence-electron chi connectivity index (χ1n) is 12.6. The largest absolute Gasteiger partial charge is 0.493 e. The minimum Gasteiger partial charge on any atom is -0.493 e. The number of benzene rings is 2. The molecule has 0 bridgehead atoms. The van der Waals surface area contributed by atoms with Gasteiger partial charge in [0.1, 0.15) is 0 Å². The number of methoxy groups -OCH3 is 1. The molecular weight excluding hydrogens is 553 g/mol. The van der Waals surface area contributed by atoms with Gasteiger partial charge in [0.05, 0.1) is 22.6 Å². The van der Waals surface area contributed by atoms with E-state index in [4.69, 9.17) is 21.1 Å². The molecule has 0 atom stereocenters. The first-order chi connectivity index (χ1) is 18.9. The fraction of sp³-hybridized carbons (Fsp3) is 0.357. The number of Topliss-reactive ketones (excluding diaryl/α,β-unsaturated/α-hetero) is 2. The van der Waals surface area contributed by atoms with E-state index in [1.807, 2.05) is 11.9 Å². The van der Waals surface area contributed by atoms with Crippen LogP contribution in [-0.2, 0) is 15.8 Å². The molecule has 0 N–H and O–H groups in total. The maximum atomic E-state index is 13.2. The molecule has 40 heavy (non-hydrogen) atoms. The van der Waals surface area contributed by atoms with Crippen LogP contribution in [0.3, 0.4) is 0 Å². The van der Waals surface area contributed by atoms with Gasteiger partial charge in [0.2, 0.25) is 5.75 Å². The molecule has 8 nitrogen and oxygen atoms in total. The van der Waals surface area contributed by atoms with Crippen LogP contribution in [0.4, 0.5) is 18.9 Å². The summed E-state index contributed by atoms with van der Waals surface area (Å²) in [6.45, 7) is 0. The second-order valence-electron chi connectivity index (χ2n) is 9.84. The van der Waals surface area contributed by atoms with E-state index >= 15 is 0 Å². The topological polar surface area (TPSA) is 99.0 Å². The zero-order chi connectivity index (χ0) is 28.9. The highest BCUT2D eigenvalue weighted by molar-refractivity contribution is 6.32. The second kappa shape index (κ2) is 10.3. The van der Waals surface area contributed by atoms with E-state index in [1.54, 1.807) is 6.07 Å². The summed E-state index contributed by atoms with van der Waals surface area (Å²) in [6, 6.07) is 4.95. The van der Waals surface area contributed by atoms with Gasteiger partial charge in [0.25, 0.3) is 0 Å². The SMILES string of the molecule is COc1cc(C2C3=C(CCCC3=O)N(C)C3=C2C(=O)CCC3)cc(Cl)c1Oc1ccc(C(F)(F)F)cc1[N+](=O)[O-]. The summed E-state index contributed by atoms with van der Waals surface area (Å²) in [6.07, 6.45) is -1.32. The lowest BCUT2D eigenvalue weighted by Crippen LogP contribution is -2.37. The highest BCUT2D eigenvalue weighted by atomic mass is 35.5. The van der Waals surface area contributed by atoms with Crippen LogP contribution in [0.15, 0.2) is 52.9 Å². The second-order valence-corrected chi connectivity index (χ2v) is 10.2. The van der Waals surface area contributed by atoms with Crippen LogP contribution in [-0.4, -0.2) is 35.5 Å². The molecule has 0 radical (unpaired) electrons. The number of rotatable bonds is 5. The van der Waals surface area contributed by atoms with E-state index in [2.05, 4.69) is 0 Å². The molecule has 0 spiro atoms. The smallest absolute Gasteiger partial charge is 0.416 e. The van der Waals surface area contributed by atoms with Crippen LogP contribution in [0, 0.1) is 10.1 Å². The van der Waals surface area contributed by atoms with E-state index in [0.717, 1.165) is 17.5 Å². The molecule has 0 saturated carbocycles. The number of nitro benzene ring substituents is 1. The lowest BCUT2D eigenvalue weighted by atomic mass is 9.71. The van der Waals surface area contributed by atoms with Gasteiger partial charge in [-0.25, -0.2) is 0 Å². The summed E-state index contributed by atoms with van der Waals surface area (Å²) in [5, 5.41) is 11.5. The van der Waals surface area contributed by atoms with Gasteiger partial charge in [-0.15, -0.1) is 0 Å². The van der Waals surface area contributed by atoms with Gasteiger partial charge in [0.15, 0.2) is 23.1 Å². The van der Waals surface area contributed by atoms with Gasteiger partial charge in [-0.2, -0.15) is 13.2 Å². The van der Waals surface area contributed by atoms with Gasteiger partial charge in [-0.1, -0.05) is 11.6 Å². The standard InChI is InChI=1S/C28H24ClF3N2O6/c1-33-17-5-3-7-20(35)25(17)24(26-18(33)6-4-8-21(26)36)14-11-16(29)27(23(12-14)39-2)40-22-10-9-15(28(30,31)32)13-19(22)34(37)38/h9-13,24H,3-8H2,1-2H3. The van der Waals surface area contributed by atoms with Crippen molar-refractivity contribution in [3.63, 3.8) is 0 Å². The average Bonchev–Trinajstić information content (AvgIpc) is 2.90. The van der Waals surface area contributed by atoms with E-state index in [0.29, 0.717) is 67.4 Å². The van der Waals surface area contributed by atoms with Crippen molar-refractivity contribution in [1.29, 1.82) is 0 Å². The zero-order valence-corrected chi connectivity index (χ0v) is 22.3. The molecule has 2 aromatic rings. The van der Waals surface area contributed by atoms with Gasteiger partial charge in [-0.05, 0) is 55.5 Å². The quantitative estimate of drug-likeness (QED) is 0.276. The summed E-state index contributed by atoms with van der Waals surface area (Å²) in [4.78, 5) is 39.0. The van der Waals surface area contributed by atoms with Gasteiger partial charge in [0, 0.05) is 54.4 Å². The third-order valence-corrected chi connectivity index (χ3v) is 7.81. The summed E-state index contributed by atoms with van der Waals surface area (Å²) in [5.74, 6) is -1.38. The highest BCUT2D eigenvalue weighted by Gasteiger charge is 2.43. The molecule has 210 valence electrons. The first kappa shape index (κ1) is 27.7. The number of hydrogen-bond donors (Lipinski definition) is 0. The molecule has 0 saturated heterocycles. The summed E-state index contributed by atoms with van der Waals surface area (Å²) < 4.78 is 50.6. The van der Waals surface area contributed by atoms with Crippen LogP contribution in [0.5, 0.6) is 17.2 Å². The third-order valence-electron chi connectivity index (χ3n) is 7.52. The Morgan fingerprint density at radius 3 is 2.10 bits per heavy atom. The monoisotopic (exact) mass is 576 g/mol. The molecular formula is C28H24ClF3N2O6. The van der Waals surface area contributed by atoms with Crippen molar-refractivity contribution in [2.45, 2.75) is 50.6 Å². The Kier molecular flexibility index (Phi) is 7.11. The number of ketones is 2. The fourth-order valence-electron chi connectivity index (χ4n) is 5.72. The number of nitro groups is 1. The molecule has 2 aromatic carbocycles. The molecule has 0 unspecified atom stereocenters. The molecule has 12 heteroatoms. The van der Waals surface area contributed by atoms with Gasteiger partial charge < -0.3 is 14.4 Å². The van der Waals surface area contributed by atoms with Crippen LogP contribution >= 0.6 is 11.6 Å². The average molecular weight is 577 g/mol. The summed E-state index contributed by atoms with van der Waals surface area (Å²) >= 11 is 6.60. The molecule has 3 aliphatic rings. The number of nitrogens with zero attached hydrogens (tertiary/aromatic N) is 2. The van der Waals surface area contributed by atoms with Crippen molar-refractivity contribution in [3.05, 3.63) is 79.1 Å². The Labute approximate surface area is 232 Å². The lowest BCUT2D eigenvalue weighted by Gasteiger charge is -2.42. The number of carbonyl (C=O) groups excluding carboxylic acids is 2. The molecule has 5 rings (SSSR count). The van der Waals surface area contributed by atoms with Crippen molar-refractivity contribution < 1.29 is 37.2 Å². The van der Waals surface area contributed by atoms with E-state index in [-0.39, 0.29) is 28.1 Å².